The second-order valence-corrected chi connectivity index (χ2v) is 20.6. The summed E-state index contributed by atoms with van der Waals surface area (Å²) in [5.41, 5.74) is 0.693. The van der Waals surface area contributed by atoms with Gasteiger partial charge in [-0.1, -0.05) is 107 Å². The minimum atomic E-state index is -0.904. The highest BCUT2D eigenvalue weighted by atomic mass is 79.9. The van der Waals surface area contributed by atoms with E-state index >= 15 is 0 Å². The third kappa shape index (κ3) is 17.4. The number of ether oxygens (including phenoxy) is 4. The average molecular weight is 1050 g/mol. The zero-order chi connectivity index (χ0) is 52.2. The van der Waals surface area contributed by atoms with Crippen molar-refractivity contribution in [1.29, 1.82) is 0 Å². The van der Waals surface area contributed by atoms with Crippen molar-refractivity contribution in [2.45, 2.75) is 168 Å². The summed E-state index contributed by atoms with van der Waals surface area (Å²) in [7, 11) is 6.38. The molecule has 2 aliphatic rings. The number of hydrogen-bond donors (Lipinski definition) is 3. The first-order valence-corrected chi connectivity index (χ1v) is 26.6. The van der Waals surface area contributed by atoms with Crippen molar-refractivity contribution in [3.8, 4) is 0 Å². The molecule has 3 rings (SSSR count). The summed E-state index contributed by atoms with van der Waals surface area (Å²) in [6, 6.07) is 6.83. The van der Waals surface area contributed by atoms with Crippen LogP contribution in [0, 0.1) is 29.6 Å². The normalized spacial score (nSPS) is 21.7. The Balaban J connectivity index is 1.70. The Morgan fingerprint density at radius 2 is 1.57 bits per heavy atom. The number of ketones is 1. The molecule has 0 aromatic heterocycles. The number of likely N-dealkylation sites (tertiary alicyclic amines) is 1. The molecule has 5 amide bonds. The van der Waals surface area contributed by atoms with Crippen LogP contribution in [0.5, 0.6) is 0 Å². The van der Waals surface area contributed by atoms with Crippen LogP contribution in [0.1, 0.15) is 125 Å². The number of benzene rings is 1. The number of aliphatic hydroxyl groups excluding tert-OH is 1. The van der Waals surface area contributed by atoms with Gasteiger partial charge in [0, 0.05) is 53.7 Å². The summed E-state index contributed by atoms with van der Waals surface area (Å²) < 4.78 is 24.0. The SMILES string of the molecule is CC[C@H](C)C(C(CC(=O)N1CCCC1C(OC)C(C)C(=O)N[C@H](C)[C@@H](O)c1ccccc1)OC)N(C)C(=O)C(CC(=O)C(C(C)C)N(C)C(=O)OC1/C=C/CC(OCCNC(=O)CBr)CCC1)C(C)C. The zero-order valence-electron chi connectivity index (χ0n) is 44.1. The molecule has 12 atom stereocenters. The Bertz CT molecular complexity index is 1840. The van der Waals surface area contributed by atoms with E-state index in [1.165, 1.54) is 4.90 Å². The van der Waals surface area contributed by atoms with Gasteiger partial charge in [0.05, 0.1) is 72.9 Å². The van der Waals surface area contributed by atoms with Gasteiger partial charge in [0.2, 0.25) is 23.6 Å². The minimum absolute atomic E-state index is 0.00936. The summed E-state index contributed by atoms with van der Waals surface area (Å²) >= 11 is 3.13. The molecule has 1 fully saturated rings. The Kier molecular flexibility index (Phi) is 26.1. The van der Waals surface area contributed by atoms with Crippen molar-refractivity contribution in [3.05, 3.63) is 48.0 Å². The van der Waals surface area contributed by atoms with Crippen LogP contribution >= 0.6 is 15.9 Å². The van der Waals surface area contributed by atoms with E-state index in [-0.39, 0.29) is 77.5 Å². The van der Waals surface area contributed by atoms with Gasteiger partial charge < -0.3 is 49.4 Å². The number of nitrogens with one attached hydrogen (secondary N) is 2. The molecule has 1 aliphatic carbocycles. The molecule has 0 radical (unpaired) electrons. The summed E-state index contributed by atoms with van der Waals surface area (Å²) in [6.45, 7) is 16.5. The maximum Gasteiger partial charge on any atom is 0.410 e. The number of hydrogen-bond acceptors (Lipinski definition) is 11. The molecule has 70 heavy (non-hydrogen) atoms. The quantitative estimate of drug-likeness (QED) is 0.0474. The highest BCUT2D eigenvalue weighted by Crippen LogP contribution is 2.32. The van der Waals surface area contributed by atoms with Crippen LogP contribution in [-0.2, 0) is 42.9 Å². The van der Waals surface area contributed by atoms with E-state index in [2.05, 4.69) is 26.6 Å². The smallest absolute Gasteiger partial charge is 0.410 e. The molecule has 1 aromatic carbocycles. The number of methoxy groups -OCH3 is 2. The third-order valence-electron chi connectivity index (χ3n) is 14.4. The fraction of sp³-hybridized carbons (Fsp3) is 0.736. The Labute approximate surface area is 426 Å². The predicted molar refractivity (Wildman–Crippen MR) is 274 cm³/mol. The number of amides is 5. The van der Waals surface area contributed by atoms with Crippen LogP contribution in [0.2, 0.25) is 0 Å². The minimum Gasteiger partial charge on any atom is -0.442 e. The Morgan fingerprint density at radius 1 is 0.886 bits per heavy atom. The predicted octanol–water partition coefficient (Wildman–Crippen LogP) is 6.86. The number of aliphatic hydroxyl groups is 1. The van der Waals surface area contributed by atoms with Gasteiger partial charge in [-0.2, -0.15) is 0 Å². The van der Waals surface area contributed by atoms with Gasteiger partial charge in [-0.25, -0.2) is 4.79 Å². The van der Waals surface area contributed by atoms with Gasteiger partial charge in [-0.3, -0.25) is 24.0 Å². The molecule has 396 valence electrons. The lowest BCUT2D eigenvalue weighted by Gasteiger charge is -2.41. The number of carbonyl (C=O) groups excluding carboxylic acids is 6. The van der Waals surface area contributed by atoms with E-state index in [0.717, 1.165) is 19.3 Å². The molecule has 1 aromatic rings. The van der Waals surface area contributed by atoms with Gasteiger partial charge >= 0.3 is 6.09 Å². The lowest BCUT2D eigenvalue weighted by atomic mass is 9.83. The number of alkyl halides is 1. The molecule has 0 saturated carbocycles. The highest BCUT2D eigenvalue weighted by Gasteiger charge is 2.44. The van der Waals surface area contributed by atoms with Crippen LogP contribution < -0.4 is 10.6 Å². The molecule has 1 saturated heterocycles. The number of likely N-dealkylation sites (N-methyl/N-ethyl adjacent to an activating group) is 2. The van der Waals surface area contributed by atoms with Crippen LogP contribution in [-0.4, -0.2) is 157 Å². The fourth-order valence-corrected chi connectivity index (χ4v) is 10.3. The molecule has 17 heteroatoms. The first-order chi connectivity index (χ1) is 33.2. The van der Waals surface area contributed by atoms with E-state index in [0.29, 0.717) is 50.9 Å². The molecule has 1 aliphatic heterocycles. The summed E-state index contributed by atoms with van der Waals surface area (Å²) in [4.78, 5) is 87.1. The number of nitrogens with zero attached hydrogens (tertiary/aromatic N) is 3. The van der Waals surface area contributed by atoms with E-state index < -0.39 is 60.5 Å². The standard InChI is InChI=1S/C53H86BrN5O11/c1-13-35(6)48(44(67-11)31-46(62)59-28-19-26-42(59)50(68-12)36(7)51(64)56-37(8)49(63)38-20-15-14-16-21-38)57(9)52(65)41(33(2)3)30-43(60)47(34(4)5)58(10)53(66)70-40-24-17-22-39(23-18-25-40)69-29-27-55-45(61)32-54/h14-17,20-21,24,33-37,39-42,44,47-50,63H,13,18-19,22-23,25-32H2,1-12H3,(H,55,61)(H,56,64)/b24-17+/t35-,36?,37+,39?,40?,41?,42?,44?,47?,48?,49+,50?/m0/s1. The molecular weight excluding hydrogens is 963 g/mol. The van der Waals surface area contributed by atoms with Gasteiger partial charge in [0.1, 0.15) is 6.10 Å². The van der Waals surface area contributed by atoms with Crippen molar-refractivity contribution in [2.75, 3.05) is 53.3 Å². The number of Topliss-reactive ketones (excluding diaryl/α,β-unsaturated/α-hetero) is 1. The van der Waals surface area contributed by atoms with Gasteiger partial charge in [0.15, 0.2) is 5.78 Å². The maximum absolute atomic E-state index is 14.7. The van der Waals surface area contributed by atoms with E-state index in [9.17, 15) is 33.9 Å². The van der Waals surface area contributed by atoms with Gasteiger partial charge in [-0.05, 0) is 74.8 Å². The molecule has 3 N–H and O–H groups in total. The van der Waals surface area contributed by atoms with Gasteiger partial charge in [-0.15, -0.1) is 0 Å². The van der Waals surface area contributed by atoms with Crippen LogP contribution in [0.15, 0.2) is 42.5 Å². The summed E-state index contributed by atoms with van der Waals surface area (Å²) in [5, 5.41) is 16.9. The van der Waals surface area contributed by atoms with Crippen LogP contribution in [0.25, 0.3) is 0 Å². The molecule has 16 nitrogen and oxygen atoms in total. The first kappa shape index (κ1) is 60.4. The van der Waals surface area contributed by atoms with E-state index in [4.69, 9.17) is 18.9 Å². The average Bonchev–Trinajstić information content (AvgIpc) is 3.82. The van der Waals surface area contributed by atoms with Crippen molar-refractivity contribution in [3.63, 3.8) is 0 Å². The number of carbonyl (C=O) groups is 6. The molecular formula is C53H86BrN5O11. The second kappa shape index (κ2) is 30.2. The van der Waals surface area contributed by atoms with E-state index in [1.807, 2.05) is 84.0 Å². The van der Waals surface area contributed by atoms with Gasteiger partial charge in [0.25, 0.3) is 0 Å². The van der Waals surface area contributed by atoms with Crippen LogP contribution in [0.4, 0.5) is 4.79 Å². The zero-order valence-corrected chi connectivity index (χ0v) is 45.7. The second-order valence-electron chi connectivity index (χ2n) is 20.1. The Morgan fingerprint density at radius 3 is 2.17 bits per heavy atom. The van der Waals surface area contributed by atoms with Crippen LogP contribution in [0.3, 0.4) is 0 Å². The number of halogens is 1. The fourth-order valence-electron chi connectivity index (χ4n) is 10.1. The highest BCUT2D eigenvalue weighted by molar-refractivity contribution is 9.09. The van der Waals surface area contributed by atoms with Crippen molar-refractivity contribution >= 4 is 51.4 Å². The summed E-state index contributed by atoms with van der Waals surface area (Å²) in [6.07, 6.45) is 5.19. The largest absolute Gasteiger partial charge is 0.442 e. The third-order valence-corrected chi connectivity index (χ3v) is 14.9. The topological polar surface area (TPSA) is 193 Å². The Hall–Kier alpha value is -3.90. The first-order valence-electron chi connectivity index (χ1n) is 25.4. The summed E-state index contributed by atoms with van der Waals surface area (Å²) in [5.74, 6) is -3.00. The molecule has 1 heterocycles. The van der Waals surface area contributed by atoms with Crippen molar-refractivity contribution < 1.29 is 52.8 Å². The monoisotopic (exact) mass is 1050 g/mol. The number of rotatable bonds is 27. The van der Waals surface area contributed by atoms with Crippen molar-refractivity contribution in [2.24, 2.45) is 29.6 Å². The molecule has 0 spiro atoms. The maximum atomic E-state index is 14.7. The molecule has 9 unspecified atom stereocenters. The lowest BCUT2D eigenvalue weighted by molar-refractivity contribution is -0.149. The lowest BCUT2D eigenvalue weighted by Crippen LogP contribution is -2.55. The molecule has 0 bridgehead atoms. The van der Waals surface area contributed by atoms with E-state index in [1.54, 1.807) is 52.0 Å². The van der Waals surface area contributed by atoms with Crippen molar-refractivity contribution in [1.82, 2.24) is 25.3 Å².